The molecule has 0 aliphatic rings. The molecular formula is C20H23ClN2O2. The fraction of sp³-hybridized carbons (Fsp3) is 0.250. The molecule has 0 fully saturated rings. The highest BCUT2D eigenvalue weighted by molar-refractivity contribution is 5.85. The number of aryl methyl sites for hydroxylation is 1. The lowest BCUT2D eigenvalue weighted by molar-refractivity contribution is -0.123. The molecule has 0 radical (unpaired) electrons. The number of furan rings is 1. The molecule has 0 aliphatic heterocycles. The van der Waals surface area contributed by atoms with E-state index in [1.165, 1.54) is 0 Å². The lowest BCUT2D eigenvalue weighted by Gasteiger charge is -2.17. The van der Waals surface area contributed by atoms with Crippen LogP contribution in [0.15, 0.2) is 59.0 Å². The molecule has 0 saturated carbocycles. The molecule has 1 heterocycles. The van der Waals surface area contributed by atoms with E-state index in [1.807, 2.05) is 68.4 Å². The second-order valence-corrected chi connectivity index (χ2v) is 6.11. The number of hydrogen-bond donors (Lipinski definition) is 2. The zero-order valence-corrected chi connectivity index (χ0v) is 15.2. The SMILES string of the molecule is Cc1c(C(C)NC(=O)[C@@H](N)Cc2ccccc2)oc2ccccc12.Cl. The van der Waals surface area contributed by atoms with E-state index < -0.39 is 6.04 Å². The zero-order valence-electron chi connectivity index (χ0n) is 14.4. The van der Waals surface area contributed by atoms with Crippen molar-refractivity contribution in [1.29, 1.82) is 0 Å². The minimum absolute atomic E-state index is 0. The maximum atomic E-state index is 12.4. The first-order valence-corrected chi connectivity index (χ1v) is 8.14. The number of halogens is 1. The largest absolute Gasteiger partial charge is 0.459 e. The summed E-state index contributed by atoms with van der Waals surface area (Å²) in [5, 5.41) is 4.03. The van der Waals surface area contributed by atoms with Crippen LogP contribution < -0.4 is 11.1 Å². The van der Waals surface area contributed by atoms with Crippen molar-refractivity contribution in [1.82, 2.24) is 5.32 Å². The summed E-state index contributed by atoms with van der Waals surface area (Å²) in [6, 6.07) is 16.8. The summed E-state index contributed by atoms with van der Waals surface area (Å²) >= 11 is 0. The first-order valence-electron chi connectivity index (χ1n) is 8.14. The number of fused-ring (bicyclic) bond motifs is 1. The minimum atomic E-state index is -0.584. The molecule has 2 aromatic carbocycles. The van der Waals surface area contributed by atoms with Crippen molar-refractivity contribution in [3.05, 3.63) is 71.5 Å². The minimum Gasteiger partial charge on any atom is -0.459 e. The summed E-state index contributed by atoms with van der Waals surface area (Å²) < 4.78 is 5.90. The molecule has 3 rings (SSSR count). The lowest BCUT2D eigenvalue weighted by Crippen LogP contribution is -2.43. The van der Waals surface area contributed by atoms with Gasteiger partial charge in [0.1, 0.15) is 11.3 Å². The van der Waals surface area contributed by atoms with E-state index in [0.717, 1.165) is 27.9 Å². The molecule has 1 amide bonds. The second kappa shape index (κ2) is 8.19. The van der Waals surface area contributed by atoms with Crippen molar-refractivity contribution in [2.75, 3.05) is 0 Å². The molecule has 3 aromatic rings. The van der Waals surface area contributed by atoms with Crippen molar-refractivity contribution in [3.8, 4) is 0 Å². The number of carbonyl (C=O) groups is 1. The number of nitrogens with two attached hydrogens (primary N) is 1. The molecule has 0 aliphatic carbocycles. The van der Waals surface area contributed by atoms with Gasteiger partial charge in [0.05, 0.1) is 12.1 Å². The van der Waals surface area contributed by atoms with Crippen LogP contribution in [0.5, 0.6) is 0 Å². The predicted octanol–water partition coefficient (Wildman–Crippen LogP) is 3.91. The number of hydrogen-bond acceptors (Lipinski definition) is 3. The Morgan fingerprint density at radius 1 is 1.12 bits per heavy atom. The number of carbonyl (C=O) groups excluding carboxylic acids is 1. The number of amides is 1. The topological polar surface area (TPSA) is 68.3 Å². The predicted molar refractivity (Wildman–Crippen MR) is 103 cm³/mol. The Morgan fingerprint density at radius 3 is 2.44 bits per heavy atom. The van der Waals surface area contributed by atoms with Gasteiger partial charge in [-0.3, -0.25) is 4.79 Å². The molecule has 0 spiro atoms. The number of rotatable bonds is 5. The highest BCUT2D eigenvalue weighted by Crippen LogP contribution is 2.29. The average Bonchev–Trinajstić information content (AvgIpc) is 2.93. The van der Waals surface area contributed by atoms with Crippen LogP contribution in [-0.2, 0) is 11.2 Å². The quantitative estimate of drug-likeness (QED) is 0.726. The van der Waals surface area contributed by atoms with E-state index in [1.54, 1.807) is 0 Å². The molecule has 3 N–H and O–H groups in total. The van der Waals surface area contributed by atoms with Gasteiger partial charge in [-0.25, -0.2) is 0 Å². The molecule has 1 aromatic heterocycles. The summed E-state index contributed by atoms with van der Waals surface area (Å²) in [5.74, 6) is 0.600. The second-order valence-electron chi connectivity index (χ2n) is 6.11. The molecule has 25 heavy (non-hydrogen) atoms. The van der Waals surface area contributed by atoms with Gasteiger partial charge in [-0.1, -0.05) is 48.5 Å². The summed E-state index contributed by atoms with van der Waals surface area (Å²) in [6.07, 6.45) is 0.512. The Hall–Kier alpha value is -2.30. The van der Waals surface area contributed by atoms with E-state index in [0.29, 0.717) is 6.42 Å². The van der Waals surface area contributed by atoms with Gasteiger partial charge in [0.15, 0.2) is 0 Å². The molecular weight excluding hydrogens is 336 g/mol. The van der Waals surface area contributed by atoms with Crippen LogP contribution in [0.2, 0.25) is 0 Å². The summed E-state index contributed by atoms with van der Waals surface area (Å²) in [7, 11) is 0. The summed E-state index contributed by atoms with van der Waals surface area (Å²) in [4.78, 5) is 12.4. The number of nitrogens with one attached hydrogen (secondary N) is 1. The Kier molecular flexibility index (Phi) is 6.23. The van der Waals surface area contributed by atoms with E-state index in [-0.39, 0.29) is 24.4 Å². The Balaban J connectivity index is 0.00000225. The first kappa shape index (κ1) is 19.0. The molecule has 2 atom stereocenters. The van der Waals surface area contributed by atoms with Crippen LogP contribution in [-0.4, -0.2) is 11.9 Å². The third-order valence-electron chi connectivity index (χ3n) is 4.27. The van der Waals surface area contributed by atoms with Gasteiger partial charge >= 0.3 is 0 Å². The van der Waals surface area contributed by atoms with Crippen molar-refractivity contribution in [2.45, 2.75) is 32.4 Å². The maximum absolute atomic E-state index is 12.4. The summed E-state index contributed by atoms with van der Waals surface area (Å²) in [6.45, 7) is 3.92. The standard InChI is InChI=1S/C20H22N2O2.ClH/c1-13-16-10-6-7-11-18(16)24-19(13)14(2)22-20(23)17(21)12-15-8-4-3-5-9-15;/h3-11,14,17H,12,21H2,1-2H3,(H,22,23);1H/t14?,17-;/m0./s1. The van der Waals surface area contributed by atoms with Crippen LogP contribution in [0, 0.1) is 6.92 Å². The fourth-order valence-corrected chi connectivity index (χ4v) is 2.95. The van der Waals surface area contributed by atoms with E-state index in [4.69, 9.17) is 10.2 Å². The van der Waals surface area contributed by atoms with Crippen molar-refractivity contribution in [2.24, 2.45) is 5.73 Å². The van der Waals surface area contributed by atoms with E-state index in [9.17, 15) is 4.79 Å². The fourth-order valence-electron chi connectivity index (χ4n) is 2.95. The monoisotopic (exact) mass is 358 g/mol. The molecule has 0 bridgehead atoms. The molecule has 4 nitrogen and oxygen atoms in total. The molecule has 5 heteroatoms. The van der Waals surface area contributed by atoms with Crippen LogP contribution in [0.3, 0.4) is 0 Å². The Morgan fingerprint density at radius 2 is 1.76 bits per heavy atom. The highest BCUT2D eigenvalue weighted by atomic mass is 35.5. The van der Waals surface area contributed by atoms with Gasteiger partial charge in [0, 0.05) is 10.9 Å². The third-order valence-corrected chi connectivity index (χ3v) is 4.27. The van der Waals surface area contributed by atoms with Gasteiger partial charge in [-0.15, -0.1) is 12.4 Å². The normalized spacial score (nSPS) is 13.1. The van der Waals surface area contributed by atoms with Gasteiger partial charge in [0.25, 0.3) is 0 Å². The molecule has 1 unspecified atom stereocenters. The first-order chi connectivity index (χ1) is 11.6. The van der Waals surface area contributed by atoms with Crippen molar-refractivity contribution in [3.63, 3.8) is 0 Å². The van der Waals surface area contributed by atoms with Crippen LogP contribution >= 0.6 is 12.4 Å². The zero-order chi connectivity index (χ0) is 17.1. The molecule has 132 valence electrons. The average molecular weight is 359 g/mol. The smallest absolute Gasteiger partial charge is 0.237 e. The van der Waals surface area contributed by atoms with Crippen molar-refractivity contribution >= 4 is 29.3 Å². The van der Waals surface area contributed by atoms with Gasteiger partial charge in [0.2, 0.25) is 5.91 Å². The lowest BCUT2D eigenvalue weighted by atomic mass is 10.0. The van der Waals surface area contributed by atoms with Crippen LogP contribution in [0.4, 0.5) is 0 Å². The Labute approximate surface area is 153 Å². The van der Waals surface area contributed by atoms with Gasteiger partial charge < -0.3 is 15.5 Å². The summed E-state index contributed by atoms with van der Waals surface area (Å²) in [5.41, 5.74) is 8.98. The maximum Gasteiger partial charge on any atom is 0.237 e. The number of benzene rings is 2. The van der Waals surface area contributed by atoms with E-state index in [2.05, 4.69) is 5.32 Å². The van der Waals surface area contributed by atoms with Gasteiger partial charge in [-0.05, 0) is 31.9 Å². The van der Waals surface area contributed by atoms with Gasteiger partial charge in [-0.2, -0.15) is 0 Å². The molecule has 0 saturated heterocycles. The number of para-hydroxylation sites is 1. The third kappa shape index (κ3) is 4.21. The highest BCUT2D eigenvalue weighted by Gasteiger charge is 2.21. The van der Waals surface area contributed by atoms with Crippen molar-refractivity contribution < 1.29 is 9.21 Å². The van der Waals surface area contributed by atoms with E-state index >= 15 is 0 Å². The van der Waals surface area contributed by atoms with Crippen LogP contribution in [0.25, 0.3) is 11.0 Å². The van der Waals surface area contributed by atoms with Crippen LogP contribution in [0.1, 0.15) is 29.9 Å². The Bertz CT molecular complexity index is 845.